The first-order valence-electron chi connectivity index (χ1n) is 5.36. The lowest BCUT2D eigenvalue weighted by Gasteiger charge is -1.96. The maximum atomic E-state index is 11.5. The van der Waals surface area contributed by atoms with Crippen molar-refractivity contribution in [2.75, 3.05) is 0 Å². The van der Waals surface area contributed by atoms with Gasteiger partial charge >= 0.3 is 0 Å². The zero-order valence-corrected chi connectivity index (χ0v) is 10.2. The second-order valence-electron chi connectivity index (χ2n) is 2.85. The van der Waals surface area contributed by atoms with E-state index >= 15 is 0 Å². The molecule has 1 aromatic heterocycles. The lowest BCUT2D eigenvalue weighted by molar-refractivity contribution is 1.30. The van der Waals surface area contributed by atoms with Gasteiger partial charge in [0, 0.05) is 22.7 Å². The van der Waals surface area contributed by atoms with Crippen LogP contribution in [-0.4, -0.2) is 4.98 Å². The summed E-state index contributed by atoms with van der Waals surface area (Å²) in [6.07, 6.45) is 1.74. The summed E-state index contributed by atoms with van der Waals surface area (Å²) in [4.78, 5) is 14.6. The Morgan fingerprint density at radius 3 is 2.31 bits per heavy atom. The van der Waals surface area contributed by atoms with Gasteiger partial charge in [0.15, 0.2) is 5.43 Å². The van der Waals surface area contributed by atoms with E-state index in [2.05, 4.69) is 18.1 Å². The first-order chi connectivity index (χ1) is 7.79. The maximum Gasteiger partial charge on any atom is 0.192 e. The molecule has 2 heteroatoms. The van der Waals surface area contributed by atoms with Gasteiger partial charge in [0.05, 0.1) is 0 Å². The van der Waals surface area contributed by atoms with Crippen molar-refractivity contribution < 1.29 is 0 Å². The van der Waals surface area contributed by atoms with E-state index in [1.165, 1.54) is 0 Å². The molecule has 1 heterocycles. The first kappa shape index (κ1) is 14.2. The molecule has 0 atom stereocenters. The number of aryl methyl sites for hydroxylation is 1. The van der Waals surface area contributed by atoms with Gasteiger partial charge in [0.1, 0.15) is 0 Å². The van der Waals surface area contributed by atoms with Crippen molar-refractivity contribution in [1.82, 2.24) is 4.98 Å². The van der Waals surface area contributed by atoms with Crippen LogP contribution in [0.25, 0.3) is 10.9 Å². The molecule has 0 spiro atoms. The minimum Gasteiger partial charge on any atom is -0.361 e. The number of para-hydroxylation sites is 1. The zero-order valence-electron chi connectivity index (χ0n) is 10.2. The second-order valence-corrected chi connectivity index (χ2v) is 2.85. The van der Waals surface area contributed by atoms with E-state index in [9.17, 15) is 4.79 Å². The van der Waals surface area contributed by atoms with Crippen molar-refractivity contribution in [2.24, 2.45) is 0 Å². The summed E-state index contributed by atoms with van der Waals surface area (Å²) in [5.41, 5.74) is 1.77. The minimum absolute atomic E-state index is 0.115. The van der Waals surface area contributed by atoms with E-state index in [1.54, 1.807) is 6.20 Å². The Bertz CT molecular complexity index is 485. The SMILES string of the molecule is C=C.CC.Cc1c[nH]c2ccccc2c1=O. The summed E-state index contributed by atoms with van der Waals surface area (Å²) in [7, 11) is 0. The van der Waals surface area contributed by atoms with Crippen molar-refractivity contribution in [2.45, 2.75) is 20.8 Å². The second kappa shape index (κ2) is 7.46. The highest BCUT2D eigenvalue weighted by atomic mass is 16.1. The van der Waals surface area contributed by atoms with Crippen LogP contribution < -0.4 is 5.43 Å². The molecule has 16 heavy (non-hydrogen) atoms. The van der Waals surface area contributed by atoms with E-state index in [0.29, 0.717) is 0 Å². The molecular formula is C14H19NO. The van der Waals surface area contributed by atoms with Crippen LogP contribution in [0.2, 0.25) is 0 Å². The average Bonchev–Trinajstić information content (AvgIpc) is 2.39. The number of hydrogen-bond donors (Lipinski definition) is 1. The number of hydrogen-bond acceptors (Lipinski definition) is 1. The van der Waals surface area contributed by atoms with Gasteiger partial charge in [-0.15, -0.1) is 13.2 Å². The lowest BCUT2D eigenvalue weighted by Crippen LogP contribution is -2.05. The molecule has 0 amide bonds. The van der Waals surface area contributed by atoms with Crippen LogP contribution in [0, 0.1) is 6.92 Å². The number of rotatable bonds is 0. The molecule has 0 radical (unpaired) electrons. The van der Waals surface area contributed by atoms with Gasteiger partial charge in [-0.05, 0) is 19.1 Å². The van der Waals surface area contributed by atoms with E-state index in [1.807, 2.05) is 45.0 Å². The summed E-state index contributed by atoms with van der Waals surface area (Å²) in [6.45, 7) is 11.8. The minimum atomic E-state index is 0.115. The first-order valence-corrected chi connectivity index (χ1v) is 5.36. The number of fused-ring (bicyclic) bond motifs is 1. The van der Waals surface area contributed by atoms with Gasteiger partial charge in [-0.1, -0.05) is 26.0 Å². The van der Waals surface area contributed by atoms with Crippen LogP contribution in [0.4, 0.5) is 0 Å². The molecule has 0 fully saturated rings. The fraction of sp³-hybridized carbons (Fsp3) is 0.214. The van der Waals surface area contributed by atoms with E-state index in [4.69, 9.17) is 0 Å². The predicted molar refractivity (Wildman–Crippen MR) is 71.9 cm³/mol. The van der Waals surface area contributed by atoms with Crippen molar-refractivity contribution in [1.29, 1.82) is 0 Å². The van der Waals surface area contributed by atoms with Gasteiger partial charge in [0.2, 0.25) is 0 Å². The predicted octanol–water partition coefficient (Wildman–Crippen LogP) is 3.66. The van der Waals surface area contributed by atoms with Gasteiger partial charge in [0.25, 0.3) is 0 Å². The van der Waals surface area contributed by atoms with E-state index in [0.717, 1.165) is 16.5 Å². The summed E-state index contributed by atoms with van der Waals surface area (Å²) < 4.78 is 0. The van der Waals surface area contributed by atoms with Gasteiger partial charge in [-0.3, -0.25) is 4.79 Å². The molecule has 86 valence electrons. The summed E-state index contributed by atoms with van der Waals surface area (Å²) in [5.74, 6) is 0. The van der Waals surface area contributed by atoms with Crippen molar-refractivity contribution in [3.63, 3.8) is 0 Å². The topological polar surface area (TPSA) is 32.9 Å². The van der Waals surface area contributed by atoms with Crippen molar-refractivity contribution >= 4 is 10.9 Å². The summed E-state index contributed by atoms with van der Waals surface area (Å²) in [5, 5.41) is 0.762. The molecule has 0 unspecified atom stereocenters. The molecule has 0 aliphatic carbocycles. The fourth-order valence-corrected chi connectivity index (χ4v) is 1.27. The highest BCUT2D eigenvalue weighted by molar-refractivity contribution is 5.78. The van der Waals surface area contributed by atoms with Gasteiger partial charge in [-0.25, -0.2) is 0 Å². The molecule has 2 rings (SSSR count). The fourth-order valence-electron chi connectivity index (χ4n) is 1.27. The van der Waals surface area contributed by atoms with Crippen LogP contribution in [0.3, 0.4) is 0 Å². The van der Waals surface area contributed by atoms with Crippen molar-refractivity contribution in [3.05, 3.63) is 59.4 Å². The van der Waals surface area contributed by atoms with Crippen LogP contribution >= 0.6 is 0 Å². The van der Waals surface area contributed by atoms with Crippen LogP contribution in [0.1, 0.15) is 19.4 Å². The molecular weight excluding hydrogens is 198 g/mol. The largest absolute Gasteiger partial charge is 0.361 e. The monoisotopic (exact) mass is 217 g/mol. The molecule has 2 nitrogen and oxygen atoms in total. The molecule has 0 saturated carbocycles. The molecule has 1 aromatic carbocycles. The molecule has 0 aliphatic heterocycles. The Balaban J connectivity index is 0.000000509. The Kier molecular flexibility index (Phi) is 6.61. The molecule has 0 bridgehead atoms. The quantitative estimate of drug-likeness (QED) is 0.671. The van der Waals surface area contributed by atoms with E-state index in [-0.39, 0.29) is 5.43 Å². The Morgan fingerprint density at radius 1 is 1.12 bits per heavy atom. The molecule has 2 aromatic rings. The van der Waals surface area contributed by atoms with Crippen molar-refractivity contribution in [3.8, 4) is 0 Å². The van der Waals surface area contributed by atoms with Gasteiger partial charge in [-0.2, -0.15) is 0 Å². The number of aromatic nitrogens is 1. The van der Waals surface area contributed by atoms with Crippen LogP contribution in [0.5, 0.6) is 0 Å². The number of pyridine rings is 1. The Morgan fingerprint density at radius 2 is 1.69 bits per heavy atom. The molecule has 0 saturated heterocycles. The van der Waals surface area contributed by atoms with Crippen LogP contribution in [0.15, 0.2) is 48.4 Å². The van der Waals surface area contributed by atoms with Gasteiger partial charge < -0.3 is 4.98 Å². The smallest absolute Gasteiger partial charge is 0.192 e. The summed E-state index contributed by atoms with van der Waals surface area (Å²) >= 11 is 0. The summed E-state index contributed by atoms with van der Waals surface area (Å²) in [6, 6.07) is 7.52. The lowest BCUT2D eigenvalue weighted by atomic mass is 10.2. The average molecular weight is 217 g/mol. The maximum absolute atomic E-state index is 11.5. The number of nitrogens with one attached hydrogen (secondary N) is 1. The third kappa shape index (κ3) is 3.09. The normalized spacial score (nSPS) is 8.44. The Labute approximate surface area is 96.6 Å². The third-order valence-electron chi connectivity index (χ3n) is 1.97. The van der Waals surface area contributed by atoms with Crippen LogP contribution in [-0.2, 0) is 0 Å². The number of H-pyrrole nitrogens is 1. The third-order valence-corrected chi connectivity index (χ3v) is 1.97. The molecule has 1 N–H and O–H groups in total. The Hall–Kier alpha value is -1.83. The number of aromatic amines is 1. The molecule has 0 aliphatic rings. The van der Waals surface area contributed by atoms with E-state index < -0.39 is 0 Å². The number of benzene rings is 1. The zero-order chi connectivity index (χ0) is 12.6. The highest BCUT2D eigenvalue weighted by Crippen LogP contribution is 2.05. The highest BCUT2D eigenvalue weighted by Gasteiger charge is 1.98. The standard InChI is InChI=1S/C10H9NO.C2H6.C2H4/c1-7-6-11-9-5-3-2-4-8(9)10(7)12;2*1-2/h2-6H,1H3,(H,11,12);1-2H3;1-2H2.